The minimum absolute atomic E-state index is 0.0997. The smallest absolute Gasteiger partial charge is 0.305 e. The average molecular weight is 764 g/mol. The number of likely N-dealkylation sites (tertiary alicyclic amines) is 2. The van der Waals surface area contributed by atoms with Crippen LogP contribution in [0.5, 0.6) is 5.75 Å². The van der Waals surface area contributed by atoms with Crippen LogP contribution in [-0.4, -0.2) is 117 Å². The molecule has 0 radical (unpaired) electrons. The van der Waals surface area contributed by atoms with E-state index in [0.717, 1.165) is 68.8 Å². The molecule has 0 bridgehead atoms. The fourth-order valence-corrected chi connectivity index (χ4v) is 8.02. The zero-order valence-corrected chi connectivity index (χ0v) is 32.5. The summed E-state index contributed by atoms with van der Waals surface area (Å²) in [6.07, 6.45) is 6.08. The van der Waals surface area contributed by atoms with Crippen molar-refractivity contribution in [3.8, 4) is 11.4 Å². The van der Waals surface area contributed by atoms with E-state index in [1.54, 1.807) is 19.1 Å². The van der Waals surface area contributed by atoms with Gasteiger partial charge in [0.05, 0.1) is 42.1 Å². The van der Waals surface area contributed by atoms with Gasteiger partial charge in [-0.1, -0.05) is 42.5 Å². The maximum atomic E-state index is 14.5. The standard InChI is InChI=1S/C42H53N9O5/c1-3-54-28-26-50-37-14-9-8-13-36(37)45-41(50)44-33-18-22-48(23-19-33)24-20-42(32-11-6-5-7-12-32)21-25-49(30-42)40(53)35-29-34(51-31-43-46-47-51)16-17-38(35)56-27-10-15-39(52)55-4-2/h5-9,11-14,16-17,29,31,33H,3-4,10,15,18-28,30H2,1-2H3,(H,44,45). The highest BCUT2D eigenvalue weighted by Crippen LogP contribution is 2.39. The fraction of sp³-hybridized carbons (Fsp3) is 0.476. The predicted molar refractivity (Wildman–Crippen MR) is 213 cm³/mol. The molecular formula is C42H53N9O5. The number of carbonyl (C=O) groups is 2. The Morgan fingerprint density at radius 1 is 0.929 bits per heavy atom. The van der Waals surface area contributed by atoms with E-state index in [9.17, 15) is 9.59 Å². The van der Waals surface area contributed by atoms with Crippen LogP contribution in [0.15, 0.2) is 79.1 Å². The number of carbonyl (C=O) groups excluding carboxylic acids is 2. The Kier molecular flexibility index (Phi) is 12.9. The molecule has 0 spiro atoms. The second kappa shape index (κ2) is 18.5. The van der Waals surface area contributed by atoms with Crippen molar-refractivity contribution in [1.82, 2.24) is 39.6 Å². The maximum Gasteiger partial charge on any atom is 0.305 e. The molecule has 1 unspecified atom stereocenters. The third kappa shape index (κ3) is 9.19. The molecule has 2 aromatic heterocycles. The Labute approximate surface area is 328 Å². The summed E-state index contributed by atoms with van der Waals surface area (Å²) in [7, 11) is 0. The first kappa shape index (κ1) is 38.9. The van der Waals surface area contributed by atoms with Crippen molar-refractivity contribution >= 4 is 28.9 Å². The number of piperidine rings is 1. The van der Waals surface area contributed by atoms with Crippen molar-refractivity contribution in [1.29, 1.82) is 0 Å². The van der Waals surface area contributed by atoms with Gasteiger partial charge in [0.1, 0.15) is 12.1 Å². The van der Waals surface area contributed by atoms with Gasteiger partial charge in [-0.05, 0) is 98.8 Å². The highest BCUT2D eigenvalue weighted by Gasteiger charge is 2.42. The number of amides is 1. The Morgan fingerprint density at radius 3 is 2.54 bits per heavy atom. The summed E-state index contributed by atoms with van der Waals surface area (Å²) in [5.41, 5.74) is 4.29. The van der Waals surface area contributed by atoms with Crippen LogP contribution in [0.2, 0.25) is 0 Å². The van der Waals surface area contributed by atoms with Crippen LogP contribution < -0.4 is 10.1 Å². The summed E-state index contributed by atoms with van der Waals surface area (Å²) < 4.78 is 20.7. The molecule has 2 fully saturated rings. The van der Waals surface area contributed by atoms with Crippen LogP contribution >= 0.6 is 0 Å². The highest BCUT2D eigenvalue weighted by molar-refractivity contribution is 5.98. The molecule has 2 saturated heterocycles. The van der Waals surface area contributed by atoms with Crippen LogP contribution in [0, 0.1) is 0 Å². The largest absolute Gasteiger partial charge is 0.493 e. The molecule has 5 aromatic rings. The SMILES string of the molecule is CCOCCn1c(NC2CCN(CCC3(c4ccccc4)CCN(C(=O)c4cc(-n5cnnn5)ccc4OCCCC(=O)OCC)C3)CC2)nc2ccccc21. The minimum Gasteiger partial charge on any atom is -0.493 e. The van der Waals surface area contributed by atoms with Gasteiger partial charge in [-0.2, -0.15) is 0 Å². The number of benzene rings is 3. The summed E-state index contributed by atoms with van der Waals surface area (Å²) in [5, 5.41) is 15.3. The van der Waals surface area contributed by atoms with Crippen LogP contribution in [0.25, 0.3) is 16.7 Å². The lowest BCUT2D eigenvalue weighted by Crippen LogP contribution is -2.42. The number of ether oxygens (including phenoxy) is 3. The average Bonchev–Trinajstić information content (AvgIpc) is 4.00. The molecule has 2 aliphatic heterocycles. The second-order valence-corrected chi connectivity index (χ2v) is 14.6. The highest BCUT2D eigenvalue weighted by atomic mass is 16.5. The fourth-order valence-electron chi connectivity index (χ4n) is 8.02. The lowest BCUT2D eigenvalue weighted by atomic mass is 9.76. The molecule has 0 saturated carbocycles. The van der Waals surface area contributed by atoms with Crippen LogP contribution in [0.3, 0.4) is 0 Å². The van der Waals surface area contributed by atoms with Crippen molar-refractivity contribution in [2.24, 2.45) is 0 Å². The van der Waals surface area contributed by atoms with Crippen LogP contribution in [-0.2, 0) is 26.2 Å². The van der Waals surface area contributed by atoms with Crippen molar-refractivity contribution in [3.63, 3.8) is 0 Å². The lowest BCUT2D eigenvalue weighted by Gasteiger charge is -2.36. The Hall–Kier alpha value is -5.34. The number of hydrogen-bond acceptors (Lipinski definition) is 11. The van der Waals surface area contributed by atoms with Gasteiger partial charge in [0, 0.05) is 57.2 Å². The monoisotopic (exact) mass is 763 g/mol. The summed E-state index contributed by atoms with van der Waals surface area (Å²) in [6, 6.07) is 24.7. The van der Waals surface area contributed by atoms with E-state index in [1.807, 2.05) is 30.0 Å². The van der Waals surface area contributed by atoms with Gasteiger partial charge < -0.3 is 33.9 Å². The van der Waals surface area contributed by atoms with Gasteiger partial charge in [-0.3, -0.25) is 9.59 Å². The molecule has 4 heterocycles. The molecule has 1 amide bonds. The summed E-state index contributed by atoms with van der Waals surface area (Å²) in [4.78, 5) is 35.8. The van der Waals surface area contributed by atoms with Crippen LogP contribution in [0.4, 0.5) is 5.95 Å². The Bertz CT molecular complexity index is 2030. The number of nitrogens with zero attached hydrogens (tertiary/aromatic N) is 8. The van der Waals surface area contributed by atoms with E-state index in [-0.39, 0.29) is 30.3 Å². The molecule has 14 heteroatoms. The number of fused-ring (bicyclic) bond motifs is 1. The first-order chi connectivity index (χ1) is 27.5. The van der Waals surface area contributed by atoms with Crippen LogP contribution in [0.1, 0.15) is 68.3 Å². The number of rotatable bonds is 18. The Balaban J connectivity index is 1.01. The molecule has 0 aliphatic carbocycles. The first-order valence-corrected chi connectivity index (χ1v) is 20.0. The molecule has 14 nitrogen and oxygen atoms in total. The minimum atomic E-state index is -0.262. The molecule has 1 atom stereocenters. The molecular weight excluding hydrogens is 711 g/mol. The van der Waals surface area contributed by atoms with Gasteiger partial charge in [0.15, 0.2) is 0 Å². The van der Waals surface area contributed by atoms with E-state index >= 15 is 0 Å². The molecule has 3 aromatic carbocycles. The van der Waals surface area contributed by atoms with Gasteiger partial charge in [0.25, 0.3) is 5.91 Å². The normalized spacial score (nSPS) is 17.7. The van der Waals surface area contributed by atoms with E-state index in [0.29, 0.717) is 62.4 Å². The first-order valence-electron chi connectivity index (χ1n) is 20.0. The molecule has 7 rings (SSSR count). The second-order valence-electron chi connectivity index (χ2n) is 14.6. The van der Waals surface area contributed by atoms with E-state index < -0.39 is 0 Å². The molecule has 56 heavy (non-hydrogen) atoms. The number of para-hydroxylation sites is 2. The number of anilines is 1. The van der Waals surface area contributed by atoms with Crippen molar-refractivity contribution in [3.05, 3.63) is 90.3 Å². The molecule has 2 aliphatic rings. The van der Waals surface area contributed by atoms with Gasteiger partial charge in [0.2, 0.25) is 5.95 Å². The van der Waals surface area contributed by atoms with Crippen molar-refractivity contribution in [2.45, 2.75) is 70.4 Å². The van der Waals surface area contributed by atoms with Gasteiger partial charge in [-0.25, -0.2) is 9.67 Å². The topological polar surface area (TPSA) is 142 Å². The summed E-state index contributed by atoms with van der Waals surface area (Å²) in [6.45, 7) is 10.7. The third-order valence-electron chi connectivity index (χ3n) is 11.1. The number of hydrogen-bond donors (Lipinski definition) is 1. The lowest BCUT2D eigenvalue weighted by molar-refractivity contribution is -0.143. The molecule has 296 valence electrons. The quantitative estimate of drug-likeness (QED) is 0.0891. The van der Waals surface area contributed by atoms with Crippen molar-refractivity contribution in [2.75, 3.05) is 64.5 Å². The summed E-state index contributed by atoms with van der Waals surface area (Å²) >= 11 is 0. The number of nitrogens with one attached hydrogen (secondary N) is 1. The zero-order valence-electron chi connectivity index (χ0n) is 32.5. The molecule has 1 N–H and O–H groups in total. The zero-order chi connectivity index (χ0) is 38.7. The predicted octanol–water partition coefficient (Wildman–Crippen LogP) is 5.52. The van der Waals surface area contributed by atoms with Gasteiger partial charge >= 0.3 is 5.97 Å². The van der Waals surface area contributed by atoms with E-state index in [1.165, 1.54) is 16.6 Å². The van der Waals surface area contributed by atoms with E-state index in [2.05, 4.69) is 72.8 Å². The summed E-state index contributed by atoms with van der Waals surface area (Å²) in [5.74, 6) is 1.02. The number of esters is 1. The van der Waals surface area contributed by atoms with E-state index in [4.69, 9.17) is 19.2 Å². The van der Waals surface area contributed by atoms with Crippen molar-refractivity contribution < 1.29 is 23.8 Å². The maximum absolute atomic E-state index is 14.5. The van der Waals surface area contributed by atoms with Gasteiger partial charge in [-0.15, -0.1) is 5.10 Å². The third-order valence-corrected chi connectivity index (χ3v) is 11.1. The number of imidazole rings is 1. The number of aromatic nitrogens is 6. The Morgan fingerprint density at radius 2 is 1.75 bits per heavy atom. The number of tetrazole rings is 1.